The molecule has 0 saturated carbocycles. The van der Waals surface area contributed by atoms with E-state index in [-0.39, 0.29) is 6.42 Å². The lowest BCUT2D eigenvalue weighted by Gasteiger charge is -2.40. The summed E-state index contributed by atoms with van der Waals surface area (Å²) >= 11 is 0. The van der Waals surface area contributed by atoms with Crippen molar-refractivity contribution in [2.45, 2.75) is 51.4 Å². The van der Waals surface area contributed by atoms with Gasteiger partial charge in [-0.1, -0.05) is 0 Å². The number of aromatic nitrogens is 1. The zero-order chi connectivity index (χ0) is 17.3. The van der Waals surface area contributed by atoms with Crippen molar-refractivity contribution in [2.75, 3.05) is 5.32 Å². The average Bonchev–Trinajstić information content (AvgIpc) is 2.46. The maximum absolute atomic E-state index is 12.9. The number of halogens is 3. The van der Waals surface area contributed by atoms with Gasteiger partial charge in [-0.15, -0.1) is 0 Å². The fourth-order valence-electron chi connectivity index (χ4n) is 2.74. The van der Waals surface area contributed by atoms with Gasteiger partial charge in [-0.05, 0) is 39.2 Å². The molecule has 23 heavy (non-hydrogen) atoms. The smallest absolute Gasteiger partial charge is 0.403 e. The highest BCUT2D eigenvalue weighted by Crippen LogP contribution is 2.34. The summed E-state index contributed by atoms with van der Waals surface area (Å²) in [6, 6.07) is 0.850. The normalized spacial score (nSPS) is 22.7. The monoisotopic (exact) mass is 331 g/mol. The van der Waals surface area contributed by atoms with Crippen LogP contribution in [0.15, 0.2) is 24.5 Å². The number of rotatable bonds is 3. The molecule has 0 radical (unpaired) electrons. The second-order valence-corrected chi connectivity index (χ2v) is 6.37. The lowest BCUT2D eigenvalue weighted by atomic mass is 9.78. The lowest BCUT2D eigenvalue weighted by Crippen LogP contribution is -2.58. The predicted octanol–water partition coefficient (Wildman–Crippen LogP) is 2.36. The van der Waals surface area contributed by atoms with Crippen molar-refractivity contribution in [2.24, 2.45) is 5.41 Å². The van der Waals surface area contributed by atoms with Crippen molar-refractivity contribution in [3.05, 3.63) is 29.7 Å². The van der Waals surface area contributed by atoms with Crippen molar-refractivity contribution >= 4 is 11.6 Å². The zero-order valence-corrected chi connectivity index (χ0v) is 13.0. The Kier molecular flexibility index (Phi) is 4.84. The Morgan fingerprint density at radius 2 is 2.00 bits per heavy atom. The zero-order valence-electron chi connectivity index (χ0n) is 13.0. The molecule has 1 aromatic rings. The highest BCUT2D eigenvalue weighted by atomic mass is 19.4. The van der Waals surface area contributed by atoms with Gasteiger partial charge in [-0.3, -0.25) is 4.79 Å². The van der Waals surface area contributed by atoms with Crippen LogP contribution in [-0.4, -0.2) is 24.2 Å². The number of nitrogens with one attached hydrogen (secondary N) is 2. The summed E-state index contributed by atoms with van der Waals surface area (Å²) in [5.74, 6) is -0.427. The highest BCUT2D eigenvalue weighted by molar-refractivity contribution is 5.95. The maximum atomic E-state index is 12.9. The third-order valence-corrected chi connectivity index (χ3v) is 4.27. The first-order chi connectivity index (χ1) is 10.6. The van der Waals surface area contributed by atoms with Crippen LogP contribution >= 0.6 is 0 Å². The van der Waals surface area contributed by atoms with Crippen molar-refractivity contribution < 1.29 is 22.7 Å². The second-order valence-electron chi connectivity index (χ2n) is 6.37. The lowest BCUT2D eigenvalue weighted by molar-refractivity contribution is -0.604. The van der Waals surface area contributed by atoms with Crippen LogP contribution in [0.4, 0.5) is 18.9 Å². The number of alkyl halides is 3. The van der Waals surface area contributed by atoms with Crippen molar-refractivity contribution in [1.82, 2.24) is 5.32 Å². The van der Waals surface area contributed by atoms with Crippen LogP contribution in [0.25, 0.3) is 0 Å². The summed E-state index contributed by atoms with van der Waals surface area (Å²) in [5.41, 5.74) is -0.739. The molecule has 0 aromatic carbocycles. The number of carbonyl (C=O) groups is 1. The van der Waals surface area contributed by atoms with Gasteiger partial charge in [-0.2, -0.15) is 17.9 Å². The molecular weight excluding hydrogens is 311 g/mol. The molecule has 1 aliphatic heterocycles. The van der Waals surface area contributed by atoms with E-state index < -0.39 is 29.6 Å². The number of piperidine rings is 1. The molecule has 0 bridgehead atoms. The molecule has 1 aromatic heterocycles. The predicted molar refractivity (Wildman–Crippen MR) is 78.4 cm³/mol. The van der Waals surface area contributed by atoms with Gasteiger partial charge < -0.3 is 15.8 Å². The quantitative estimate of drug-likeness (QED) is 0.660. The standard InChI is InChI=1S/C15H20F3N3O2/c1-14(2,11-6-3-7-12(20-11)15(16,17)18)13(22)19-10-5-4-8-21(23)9-10/h4-5,8-9,11-12,20H,3,6-7H2,1-2H3,(H,19,22)/t11-,12+/m0/s1. The summed E-state index contributed by atoms with van der Waals surface area (Å²) in [7, 11) is 0. The van der Waals surface area contributed by atoms with Gasteiger partial charge in [0.2, 0.25) is 12.1 Å². The first-order valence-electron chi connectivity index (χ1n) is 7.44. The topological polar surface area (TPSA) is 68.1 Å². The molecule has 5 nitrogen and oxygen atoms in total. The van der Waals surface area contributed by atoms with E-state index in [1.165, 1.54) is 18.5 Å². The van der Waals surface area contributed by atoms with Gasteiger partial charge >= 0.3 is 6.18 Å². The van der Waals surface area contributed by atoms with Crippen LogP contribution in [0.1, 0.15) is 33.1 Å². The summed E-state index contributed by atoms with van der Waals surface area (Å²) in [4.78, 5) is 12.5. The van der Waals surface area contributed by atoms with E-state index in [4.69, 9.17) is 0 Å². The van der Waals surface area contributed by atoms with Gasteiger partial charge in [0, 0.05) is 12.1 Å². The van der Waals surface area contributed by atoms with Gasteiger partial charge in [-0.25, -0.2) is 0 Å². The molecule has 1 fully saturated rings. The maximum Gasteiger partial charge on any atom is 0.403 e. The van der Waals surface area contributed by atoms with Crippen LogP contribution < -0.4 is 15.4 Å². The van der Waals surface area contributed by atoms with Gasteiger partial charge in [0.15, 0.2) is 6.20 Å². The first kappa shape index (κ1) is 17.5. The summed E-state index contributed by atoms with van der Waals surface area (Å²) < 4.78 is 39.2. The van der Waals surface area contributed by atoms with E-state index in [1.807, 2.05) is 0 Å². The molecule has 1 saturated heterocycles. The molecule has 128 valence electrons. The average molecular weight is 331 g/mol. The summed E-state index contributed by atoms with van der Waals surface area (Å²) in [6.07, 6.45) is -0.933. The summed E-state index contributed by atoms with van der Waals surface area (Å²) in [5, 5.41) is 16.4. The number of carbonyl (C=O) groups excluding carboxylic acids is 1. The number of hydrogen-bond acceptors (Lipinski definition) is 3. The van der Waals surface area contributed by atoms with E-state index in [0.717, 1.165) is 0 Å². The number of amides is 1. The van der Waals surface area contributed by atoms with Gasteiger partial charge in [0.25, 0.3) is 0 Å². The number of pyridine rings is 1. The Labute approximate surface area is 132 Å². The van der Waals surface area contributed by atoms with E-state index in [9.17, 15) is 23.2 Å². The minimum atomic E-state index is -4.32. The molecule has 1 amide bonds. The van der Waals surface area contributed by atoms with E-state index in [1.54, 1.807) is 19.9 Å². The number of anilines is 1. The van der Waals surface area contributed by atoms with Crippen molar-refractivity contribution in [1.29, 1.82) is 0 Å². The minimum absolute atomic E-state index is 0.0204. The second kappa shape index (κ2) is 6.35. The molecule has 0 spiro atoms. The number of hydrogen-bond donors (Lipinski definition) is 2. The van der Waals surface area contributed by atoms with Crippen LogP contribution in [0.2, 0.25) is 0 Å². The fraction of sp³-hybridized carbons (Fsp3) is 0.600. The molecule has 1 aliphatic rings. The van der Waals surface area contributed by atoms with E-state index in [0.29, 0.717) is 23.3 Å². The molecule has 2 heterocycles. The van der Waals surface area contributed by atoms with Gasteiger partial charge in [0.05, 0.1) is 5.41 Å². The Morgan fingerprint density at radius 1 is 1.35 bits per heavy atom. The molecule has 2 N–H and O–H groups in total. The molecule has 8 heteroatoms. The summed E-state index contributed by atoms with van der Waals surface area (Å²) in [6.45, 7) is 3.21. The first-order valence-corrected chi connectivity index (χ1v) is 7.44. The third kappa shape index (κ3) is 4.13. The number of nitrogens with zero attached hydrogens (tertiary/aromatic N) is 1. The molecule has 2 atom stereocenters. The van der Waals surface area contributed by atoms with E-state index >= 15 is 0 Å². The van der Waals surface area contributed by atoms with Crippen molar-refractivity contribution in [3.8, 4) is 0 Å². The molecular formula is C15H20F3N3O2. The Morgan fingerprint density at radius 3 is 2.61 bits per heavy atom. The van der Waals surface area contributed by atoms with Gasteiger partial charge in [0.1, 0.15) is 11.7 Å². The molecule has 0 unspecified atom stereocenters. The minimum Gasteiger partial charge on any atom is -0.619 e. The Hall–Kier alpha value is -1.83. The Bertz CT molecular complexity index is 575. The highest BCUT2D eigenvalue weighted by Gasteiger charge is 2.47. The molecule has 2 rings (SSSR count). The SMILES string of the molecule is CC(C)(C(=O)Nc1ccc[n+]([O-])c1)[C@@H]1CCC[C@H](C(F)(F)F)N1. The van der Waals surface area contributed by atoms with E-state index in [2.05, 4.69) is 10.6 Å². The Balaban J connectivity index is 2.09. The van der Waals surface area contributed by atoms with Crippen LogP contribution in [0.3, 0.4) is 0 Å². The van der Waals surface area contributed by atoms with Crippen LogP contribution in [-0.2, 0) is 4.79 Å². The fourth-order valence-corrected chi connectivity index (χ4v) is 2.74. The van der Waals surface area contributed by atoms with Crippen molar-refractivity contribution in [3.63, 3.8) is 0 Å². The van der Waals surface area contributed by atoms with Crippen LogP contribution in [0, 0.1) is 10.6 Å². The largest absolute Gasteiger partial charge is 0.619 e. The molecule has 0 aliphatic carbocycles. The third-order valence-electron chi connectivity index (χ3n) is 4.27. The van der Waals surface area contributed by atoms with Crippen LogP contribution in [0.5, 0.6) is 0 Å².